The van der Waals surface area contributed by atoms with Gasteiger partial charge in [0.05, 0.1) is 31.3 Å². The first kappa shape index (κ1) is 20.8. The van der Waals surface area contributed by atoms with E-state index in [9.17, 15) is 9.59 Å². The third-order valence-corrected chi connectivity index (χ3v) is 5.04. The molecule has 2 amide bonds. The van der Waals surface area contributed by atoms with E-state index in [0.717, 1.165) is 22.6 Å². The Bertz CT molecular complexity index is 855. The number of piperazine rings is 1. The van der Waals surface area contributed by atoms with Crippen LogP contribution in [0, 0.1) is 6.92 Å². The fourth-order valence-electron chi connectivity index (χ4n) is 3.46. The van der Waals surface area contributed by atoms with Crippen molar-refractivity contribution in [3.8, 4) is 5.75 Å². The van der Waals surface area contributed by atoms with E-state index in [-0.39, 0.29) is 18.2 Å². The first-order valence-corrected chi connectivity index (χ1v) is 9.98. The zero-order valence-electron chi connectivity index (χ0n) is 17.0. The van der Waals surface area contributed by atoms with Gasteiger partial charge >= 0.3 is 0 Å². The average Bonchev–Trinajstić information content (AvgIpc) is 2.71. The molecule has 2 N–H and O–H groups in total. The molecule has 7 heteroatoms. The summed E-state index contributed by atoms with van der Waals surface area (Å²) in [7, 11) is 0. The van der Waals surface area contributed by atoms with Crippen molar-refractivity contribution in [3.63, 3.8) is 0 Å². The third-order valence-electron chi connectivity index (χ3n) is 5.04. The van der Waals surface area contributed by atoms with Gasteiger partial charge in [0.15, 0.2) is 0 Å². The van der Waals surface area contributed by atoms with E-state index < -0.39 is 6.04 Å². The Hall–Kier alpha value is -2.93. The van der Waals surface area contributed by atoms with Crippen LogP contribution in [0.25, 0.3) is 0 Å². The van der Waals surface area contributed by atoms with Crippen molar-refractivity contribution in [3.05, 3.63) is 59.4 Å². The highest BCUT2D eigenvalue weighted by Crippen LogP contribution is 2.22. The molecule has 1 aromatic heterocycles. The number of para-hydroxylation sites is 1. The number of nitrogens with one attached hydrogen (secondary N) is 2. The van der Waals surface area contributed by atoms with Crippen molar-refractivity contribution in [1.29, 1.82) is 0 Å². The lowest BCUT2D eigenvalue weighted by Gasteiger charge is -2.35. The van der Waals surface area contributed by atoms with Gasteiger partial charge in [-0.25, -0.2) is 0 Å². The molecule has 0 spiro atoms. The van der Waals surface area contributed by atoms with Crippen LogP contribution in [0.5, 0.6) is 5.75 Å². The van der Waals surface area contributed by atoms with Crippen LogP contribution in [0.2, 0.25) is 0 Å². The SMILES string of the molecule is CCOc1ccccc1CN1CCNC(=O)[C@H]1CC(=O)NCc1ncccc1C. The lowest BCUT2D eigenvalue weighted by atomic mass is 10.1. The molecule has 1 saturated heterocycles. The van der Waals surface area contributed by atoms with Gasteiger partial charge in [0.1, 0.15) is 5.75 Å². The van der Waals surface area contributed by atoms with Gasteiger partial charge in [0, 0.05) is 31.4 Å². The van der Waals surface area contributed by atoms with E-state index in [4.69, 9.17) is 4.74 Å². The predicted octanol–water partition coefficient (Wildman–Crippen LogP) is 1.80. The number of hydrogen-bond donors (Lipinski definition) is 2. The number of rotatable bonds is 8. The van der Waals surface area contributed by atoms with Crippen LogP contribution in [0.3, 0.4) is 0 Å². The van der Waals surface area contributed by atoms with Crippen molar-refractivity contribution in [2.45, 2.75) is 39.4 Å². The van der Waals surface area contributed by atoms with Gasteiger partial charge in [0.2, 0.25) is 11.8 Å². The number of amides is 2. The molecule has 1 atom stereocenters. The minimum absolute atomic E-state index is 0.106. The summed E-state index contributed by atoms with van der Waals surface area (Å²) >= 11 is 0. The number of aryl methyl sites for hydroxylation is 1. The Kier molecular flexibility index (Phi) is 7.19. The molecule has 7 nitrogen and oxygen atoms in total. The molecule has 0 radical (unpaired) electrons. The number of carbonyl (C=O) groups is 2. The highest BCUT2D eigenvalue weighted by Gasteiger charge is 2.32. The second-order valence-corrected chi connectivity index (χ2v) is 7.07. The van der Waals surface area contributed by atoms with E-state index >= 15 is 0 Å². The van der Waals surface area contributed by atoms with Crippen LogP contribution in [0.4, 0.5) is 0 Å². The predicted molar refractivity (Wildman–Crippen MR) is 110 cm³/mol. The molecule has 0 aliphatic carbocycles. The van der Waals surface area contributed by atoms with Gasteiger partial charge in [0.25, 0.3) is 0 Å². The standard InChI is InChI=1S/C22H28N4O3/c1-3-29-20-9-5-4-8-17(20)15-26-12-11-24-22(28)19(26)13-21(27)25-14-18-16(2)7-6-10-23-18/h4-10,19H,3,11-15H2,1-2H3,(H,24,28)(H,25,27)/t19-/m1/s1. The summed E-state index contributed by atoms with van der Waals surface area (Å²) in [6.45, 7) is 6.65. The Morgan fingerprint density at radius 3 is 2.93 bits per heavy atom. The number of nitrogens with zero attached hydrogens (tertiary/aromatic N) is 2. The zero-order chi connectivity index (χ0) is 20.6. The second-order valence-electron chi connectivity index (χ2n) is 7.07. The summed E-state index contributed by atoms with van der Waals surface area (Å²) < 4.78 is 5.71. The molecule has 0 saturated carbocycles. The van der Waals surface area contributed by atoms with Gasteiger partial charge in [-0.2, -0.15) is 0 Å². The molecule has 0 bridgehead atoms. The minimum Gasteiger partial charge on any atom is -0.494 e. The van der Waals surface area contributed by atoms with Gasteiger partial charge in [-0.3, -0.25) is 19.5 Å². The number of benzene rings is 1. The molecule has 154 valence electrons. The summed E-state index contributed by atoms with van der Waals surface area (Å²) in [5, 5.41) is 5.76. The molecule has 2 heterocycles. The summed E-state index contributed by atoms with van der Waals surface area (Å²) in [6.07, 6.45) is 1.81. The van der Waals surface area contributed by atoms with Crippen LogP contribution in [-0.4, -0.2) is 47.4 Å². The monoisotopic (exact) mass is 396 g/mol. The van der Waals surface area contributed by atoms with E-state index in [1.165, 1.54) is 0 Å². The minimum atomic E-state index is -0.511. The van der Waals surface area contributed by atoms with Crippen LogP contribution in [-0.2, 0) is 22.7 Å². The van der Waals surface area contributed by atoms with Gasteiger partial charge in [-0.15, -0.1) is 0 Å². The fraction of sp³-hybridized carbons (Fsp3) is 0.409. The van der Waals surface area contributed by atoms with Crippen LogP contribution >= 0.6 is 0 Å². The Balaban J connectivity index is 1.65. The quantitative estimate of drug-likeness (QED) is 0.711. The van der Waals surface area contributed by atoms with Gasteiger partial charge in [-0.1, -0.05) is 24.3 Å². The summed E-state index contributed by atoms with van der Waals surface area (Å²) in [4.78, 5) is 31.4. The largest absolute Gasteiger partial charge is 0.494 e. The van der Waals surface area contributed by atoms with Crippen molar-refractivity contribution in [2.75, 3.05) is 19.7 Å². The number of hydrogen-bond acceptors (Lipinski definition) is 5. The molecule has 1 aromatic carbocycles. The van der Waals surface area contributed by atoms with E-state index in [1.54, 1.807) is 6.20 Å². The van der Waals surface area contributed by atoms with Crippen molar-refractivity contribution >= 4 is 11.8 Å². The smallest absolute Gasteiger partial charge is 0.237 e. The molecule has 1 aliphatic heterocycles. The maximum absolute atomic E-state index is 12.5. The van der Waals surface area contributed by atoms with E-state index in [2.05, 4.69) is 15.6 Å². The average molecular weight is 396 g/mol. The highest BCUT2D eigenvalue weighted by atomic mass is 16.5. The molecular formula is C22H28N4O3. The van der Waals surface area contributed by atoms with E-state index in [1.807, 2.05) is 55.1 Å². The molecule has 2 aromatic rings. The molecular weight excluding hydrogens is 368 g/mol. The first-order valence-electron chi connectivity index (χ1n) is 9.98. The molecule has 0 unspecified atom stereocenters. The summed E-state index contributed by atoms with van der Waals surface area (Å²) in [5.41, 5.74) is 2.87. The number of aromatic nitrogens is 1. The molecule has 29 heavy (non-hydrogen) atoms. The van der Waals surface area contributed by atoms with Crippen molar-refractivity contribution < 1.29 is 14.3 Å². The van der Waals surface area contributed by atoms with Crippen molar-refractivity contribution in [1.82, 2.24) is 20.5 Å². The van der Waals surface area contributed by atoms with Gasteiger partial charge < -0.3 is 15.4 Å². The lowest BCUT2D eigenvalue weighted by Crippen LogP contribution is -2.56. The Morgan fingerprint density at radius 1 is 1.31 bits per heavy atom. The highest BCUT2D eigenvalue weighted by molar-refractivity contribution is 5.88. The first-order chi connectivity index (χ1) is 14.1. The molecule has 1 aliphatic rings. The number of carbonyl (C=O) groups excluding carboxylic acids is 2. The third kappa shape index (κ3) is 5.54. The number of pyridine rings is 1. The lowest BCUT2D eigenvalue weighted by molar-refractivity contribution is -0.134. The summed E-state index contributed by atoms with van der Waals surface area (Å²) in [5.74, 6) is 0.532. The normalized spacial score (nSPS) is 16.9. The van der Waals surface area contributed by atoms with Gasteiger partial charge in [-0.05, 0) is 31.5 Å². The summed E-state index contributed by atoms with van der Waals surface area (Å²) in [6, 6.07) is 11.1. The van der Waals surface area contributed by atoms with Crippen molar-refractivity contribution in [2.24, 2.45) is 0 Å². The Labute approximate surface area is 171 Å². The maximum atomic E-state index is 12.5. The molecule has 1 fully saturated rings. The van der Waals surface area contributed by atoms with Crippen LogP contribution in [0.15, 0.2) is 42.6 Å². The topological polar surface area (TPSA) is 83.6 Å². The fourth-order valence-corrected chi connectivity index (χ4v) is 3.46. The Morgan fingerprint density at radius 2 is 2.14 bits per heavy atom. The maximum Gasteiger partial charge on any atom is 0.237 e. The second kappa shape index (κ2) is 10.0. The zero-order valence-corrected chi connectivity index (χ0v) is 17.0. The van der Waals surface area contributed by atoms with Crippen LogP contribution in [0.1, 0.15) is 30.2 Å². The molecule has 3 rings (SSSR count). The van der Waals surface area contributed by atoms with E-state index in [0.29, 0.717) is 32.8 Å². The van der Waals surface area contributed by atoms with Crippen LogP contribution < -0.4 is 15.4 Å². The number of ether oxygens (including phenoxy) is 1.